The van der Waals surface area contributed by atoms with Crippen LogP contribution in [-0.4, -0.2) is 20.7 Å². The van der Waals surface area contributed by atoms with Crippen molar-refractivity contribution in [2.75, 3.05) is 0 Å². The minimum absolute atomic E-state index is 0.00725. The van der Waals surface area contributed by atoms with E-state index in [1.54, 1.807) is 0 Å². The maximum absolute atomic E-state index is 11.0. The molecular formula is C24H32O2Si. The molecule has 0 heterocycles. The maximum atomic E-state index is 11.0. The number of hydrogen-bond donors (Lipinski definition) is 0. The molecule has 0 radical (unpaired) electrons. The largest absolute Gasteiger partial charge is 0.404 e. The Labute approximate surface area is 165 Å². The quantitative estimate of drug-likeness (QED) is 0.536. The monoisotopic (exact) mass is 380 g/mol. The summed E-state index contributed by atoms with van der Waals surface area (Å²) in [6.07, 6.45) is 6.38. The van der Waals surface area contributed by atoms with Gasteiger partial charge < -0.3 is 9.22 Å². The highest BCUT2D eigenvalue weighted by Gasteiger charge is 2.51. The zero-order chi connectivity index (χ0) is 19.3. The van der Waals surface area contributed by atoms with Crippen molar-refractivity contribution >= 4 is 25.0 Å². The summed E-state index contributed by atoms with van der Waals surface area (Å²) < 4.78 is 7.22. The molecule has 0 N–H and O–H groups in total. The van der Waals surface area contributed by atoms with Crippen molar-refractivity contribution in [1.29, 1.82) is 0 Å². The molecular weight excluding hydrogens is 348 g/mol. The molecule has 0 amide bonds. The van der Waals surface area contributed by atoms with Gasteiger partial charge in [-0.15, -0.1) is 0 Å². The van der Waals surface area contributed by atoms with Crippen LogP contribution in [0.4, 0.5) is 0 Å². The second kappa shape index (κ2) is 8.53. The lowest BCUT2D eigenvalue weighted by Gasteiger charge is -2.46. The first-order valence-electron chi connectivity index (χ1n) is 10.2. The van der Waals surface area contributed by atoms with Gasteiger partial charge in [0, 0.05) is 12.5 Å². The van der Waals surface area contributed by atoms with Gasteiger partial charge in [-0.25, -0.2) is 0 Å². The van der Waals surface area contributed by atoms with E-state index in [0.717, 1.165) is 32.0 Å². The lowest BCUT2D eigenvalue weighted by Crippen LogP contribution is -2.67. The fourth-order valence-corrected chi connectivity index (χ4v) is 9.37. The Kier molecular flexibility index (Phi) is 6.33. The number of hydrogen-bond acceptors (Lipinski definition) is 2. The minimum atomic E-state index is -2.48. The molecule has 144 valence electrons. The third-order valence-electron chi connectivity index (χ3n) is 5.92. The number of aldehydes is 1. The fraction of sp³-hybridized carbons (Fsp3) is 0.458. The third kappa shape index (κ3) is 4.25. The molecule has 0 aromatic heterocycles. The van der Waals surface area contributed by atoms with E-state index in [-0.39, 0.29) is 11.1 Å². The Balaban J connectivity index is 2.05. The Bertz CT molecular complexity index is 682. The molecule has 2 atom stereocenters. The highest BCUT2D eigenvalue weighted by atomic mass is 28.4. The van der Waals surface area contributed by atoms with Crippen molar-refractivity contribution in [3.05, 3.63) is 60.7 Å². The van der Waals surface area contributed by atoms with E-state index in [4.69, 9.17) is 4.43 Å². The molecule has 1 fully saturated rings. The topological polar surface area (TPSA) is 26.3 Å². The van der Waals surface area contributed by atoms with E-state index in [0.29, 0.717) is 12.3 Å². The van der Waals surface area contributed by atoms with Crippen molar-refractivity contribution in [1.82, 2.24) is 0 Å². The smallest absolute Gasteiger partial charge is 0.261 e. The van der Waals surface area contributed by atoms with E-state index in [9.17, 15) is 4.79 Å². The molecule has 2 aromatic rings. The minimum Gasteiger partial charge on any atom is -0.404 e. The molecule has 0 unspecified atom stereocenters. The predicted molar refractivity (Wildman–Crippen MR) is 115 cm³/mol. The van der Waals surface area contributed by atoms with Gasteiger partial charge in [0.1, 0.15) is 6.29 Å². The van der Waals surface area contributed by atoms with Gasteiger partial charge in [-0.3, -0.25) is 0 Å². The van der Waals surface area contributed by atoms with Gasteiger partial charge in [-0.05, 0) is 40.6 Å². The van der Waals surface area contributed by atoms with Gasteiger partial charge in [0.25, 0.3) is 8.32 Å². The molecule has 0 saturated heterocycles. The molecule has 1 aliphatic carbocycles. The van der Waals surface area contributed by atoms with E-state index in [1.807, 2.05) is 0 Å². The highest BCUT2D eigenvalue weighted by Crippen LogP contribution is 2.40. The first kappa shape index (κ1) is 20.0. The normalized spacial score (nSPS) is 21.0. The summed E-state index contributed by atoms with van der Waals surface area (Å²) in [6.45, 7) is 6.97. The molecule has 2 aromatic carbocycles. The van der Waals surface area contributed by atoms with Gasteiger partial charge >= 0.3 is 0 Å². The summed E-state index contributed by atoms with van der Waals surface area (Å²) in [5, 5.41) is 2.68. The van der Waals surface area contributed by atoms with E-state index >= 15 is 0 Å². The van der Waals surface area contributed by atoms with Gasteiger partial charge in [0.15, 0.2) is 0 Å². The number of carbonyl (C=O) groups is 1. The SMILES string of the molecule is CC(C)(C)[Si](O[C@@H]1CCC[C@H](CC=O)C1)(c1ccccc1)c1ccccc1. The van der Waals surface area contributed by atoms with Crippen LogP contribution in [0.3, 0.4) is 0 Å². The predicted octanol–water partition coefficient (Wildman–Crippen LogP) is 4.71. The van der Waals surface area contributed by atoms with Crippen LogP contribution in [0.15, 0.2) is 60.7 Å². The van der Waals surface area contributed by atoms with Crippen molar-refractivity contribution in [2.45, 2.75) is 64.0 Å². The lowest BCUT2D eigenvalue weighted by molar-refractivity contribution is -0.109. The summed E-state index contributed by atoms with van der Waals surface area (Å²) in [4.78, 5) is 11.0. The van der Waals surface area contributed by atoms with Crippen LogP contribution in [0.1, 0.15) is 52.9 Å². The molecule has 2 nitrogen and oxygen atoms in total. The van der Waals surface area contributed by atoms with Crippen molar-refractivity contribution in [3.63, 3.8) is 0 Å². The first-order valence-corrected chi connectivity index (χ1v) is 12.1. The maximum Gasteiger partial charge on any atom is 0.261 e. The van der Waals surface area contributed by atoms with Crippen LogP contribution >= 0.6 is 0 Å². The average molecular weight is 381 g/mol. The van der Waals surface area contributed by atoms with Gasteiger partial charge in [0.05, 0.1) is 0 Å². The molecule has 27 heavy (non-hydrogen) atoms. The van der Waals surface area contributed by atoms with Gasteiger partial charge in [0.2, 0.25) is 0 Å². The molecule has 0 bridgehead atoms. The second-order valence-corrected chi connectivity index (χ2v) is 13.1. The van der Waals surface area contributed by atoms with Crippen LogP contribution < -0.4 is 10.4 Å². The molecule has 0 aliphatic heterocycles. The van der Waals surface area contributed by atoms with Crippen molar-refractivity contribution in [3.8, 4) is 0 Å². The standard InChI is InChI=1S/C24H32O2Si/c1-24(2,3)27(22-13-6-4-7-14-22,23-15-8-5-9-16-23)26-21-12-10-11-20(19-21)17-18-25/h4-9,13-16,18,20-21H,10-12,17,19H2,1-3H3/t20-,21-/m1/s1. The van der Waals surface area contributed by atoms with Crippen molar-refractivity contribution in [2.24, 2.45) is 5.92 Å². The Morgan fingerprint density at radius 1 is 0.963 bits per heavy atom. The lowest BCUT2D eigenvalue weighted by atomic mass is 9.86. The van der Waals surface area contributed by atoms with Crippen LogP contribution in [0.5, 0.6) is 0 Å². The third-order valence-corrected chi connectivity index (χ3v) is 11.0. The average Bonchev–Trinajstić information content (AvgIpc) is 2.67. The summed E-state index contributed by atoms with van der Waals surface area (Å²) in [5.41, 5.74) is 0. The van der Waals surface area contributed by atoms with E-state index < -0.39 is 8.32 Å². The Hall–Kier alpha value is -1.71. The molecule has 0 spiro atoms. The molecule has 1 aliphatic rings. The number of rotatable bonds is 6. The molecule has 1 saturated carbocycles. The van der Waals surface area contributed by atoms with Crippen molar-refractivity contribution < 1.29 is 9.22 Å². The Morgan fingerprint density at radius 2 is 1.52 bits per heavy atom. The fourth-order valence-electron chi connectivity index (χ4n) is 4.64. The summed E-state index contributed by atoms with van der Waals surface area (Å²) in [5.74, 6) is 0.472. The first-order chi connectivity index (χ1) is 13.0. The summed E-state index contributed by atoms with van der Waals surface area (Å²) in [7, 11) is -2.48. The zero-order valence-corrected chi connectivity index (χ0v) is 17.9. The number of benzene rings is 2. The van der Waals surface area contributed by atoms with Crippen LogP contribution in [0, 0.1) is 5.92 Å². The summed E-state index contributed by atoms with van der Waals surface area (Å²) in [6, 6.07) is 21.7. The molecule has 3 rings (SSSR count). The zero-order valence-electron chi connectivity index (χ0n) is 16.9. The van der Waals surface area contributed by atoms with Crippen LogP contribution in [-0.2, 0) is 9.22 Å². The highest BCUT2D eigenvalue weighted by molar-refractivity contribution is 6.99. The number of carbonyl (C=O) groups excluding carboxylic acids is 1. The van der Waals surface area contributed by atoms with Crippen LogP contribution in [0.25, 0.3) is 0 Å². The molecule has 3 heteroatoms. The van der Waals surface area contributed by atoms with E-state index in [2.05, 4.69) is 81.4 Å². The van der Waals surface area contributed by atoms with E-state index in [1.165, 1.54) is 10.4 Å². The second-order valence-electron chi connectivity index (χ2n) is 8.84. The van der Waals surface area contributed by atoms with Gasteiger partial charge in [-0.2, -0.15) is 0 Å². The Morgan fingerprint density at radius 3 is 2.00 bits per heavy atom. The van der Waals surface area contributed by atoms with Gasteiger partial charge in [-0.1, -0.05) is 87.9 Å². The van der Waals surface area contributed by atoms with Crippen LogP contribution in [0.2, 0.25) is 5.04 Å². The summed E-state index contributed by atoms with van der Waals surface area (Å²) >= 11 is 0.